The molecular formula is C8H11N3O. The van der Waals surface area contributed by atoms with Crippen LogP contribution in [0.25, 0.3) is 0 Å². The quantitative estimate of drug-likeness (QED) is 0.614. The Balaban J connectivity index is 2.20. The van der Waals surface area contributed by atoms with Crippen LogP contribution in [-0.2, 0) is 17.6 Å². The zero-order valence-corrected chi connectivity index (χ0v) is 6.71. The van der Waals surface area contributed by atoms with E-state index >= 15 is 0 Å². The summed E-state index contributed by atoms with van der Waals surface area (Å²) in [5.41, 5.74) is 7.53. The molecule has 1 aliphatic carbocycles. The molecule has 1 heterocycles. The van der Waals surface area contributed by atoms with Crippen LogP contribution in [0.15, 0.2) is 6.20 Å². The molecule has 4 nitrogen and oxygen atoms in total. The van der Waals surface area contributed by atoms with Gasteiger partial charge in [-0.1, -0.05) is 0 Å². The van der Waals surface area contributed by atoms with Gasteiger partial charge in [0.1, 0.15) is 0 Å². The second-order valence-electron chi connectivity index (χ2n) is 3.22. The summed E-state index contributed by atoms with van der Waals surface area (Å²) in [5.74, 6) is -0.183. The number of aryl methyl sites for hydroxylation is 1. The number of nitrogens with one attached hydrogen (secondary N) is 1. The lowest BCUT2D eigenvalue weighted by Crippen LogP contribution is -2.28. The number of nitrogens with two attached hydrogens (primary N) is 1. The molecule has 0 bridgehead atoms. The molecule has 0 spiro atoms. The van der Waals surface area contributed by atoms with Crippen molar-refractivity contribution in [3.05, 3.63) is 17.5 Å². The monoisotopic (exact) mass is 165 g/mol. The van der Waals surface area contributed by atoms with E-state index in [1.165, 1.54) is 0 Å². The van der Waals surface area contributed by atoms with E-state index in [9.17, 15) is 4.79 Å². The van der Waals surface area contributed by atoms with Crippen LogP contribution in [0, 0.1) is 5.92 Å². The van der Waals surface area contributed by atoms with E-state index in [1.807, 2.05) is 0 Å². The van der Waals surface area contributed by atoms with Crippen LogP contribution in [0.4, 0.5) is 0 Å². The first-order valence-corrected chi connectivity index (χ1v) is 4.08. The lowest BCUT2D eigenvalue weighted by molar-refractivity contribution is -0.122. The fourth-order valence-electron chi connectivity index (χ4n) is 1.66. The van der Waals surface area contributed by atoms with E-state index in [0.29, 0.717) is 0 Å². The molecule has 3 N–H and O–H groups in total. The summed E-state index contributed by atoms with van der Waals surface area (Å²) >= 11 is 0. The van der Waals surface area contributed by atoms with Gasteiger partial charge in [-0.25, -0.2) is 0 Å². The Morgan fingerprint density at radius 2 is 2.58 bits per heavy atom. The summed E-state index contributed by atoms with van der Waals surface area (Å²) in [7, 11) is 0. The number of hydrogen-bond donors (Lipinski definition) is 2. The van der Waals surface area contributed by atoms with E-state index in [0.717, 1.165) is 30.5 Å². The normalized spacial score (nSPS) is 21.8. The van der Waals surface area contributed by atoms with Crippen molar-refractivity contribution in [2.45, 2.75) is 19.3 Å². The maximum Gasteiger partial charge on any atom is 0.220 e. The number of hydrogen-bond acceptors (Lipinski definition) is 2. The molecule has 1 aliphatic rings. The van der Waals surface area contributed by atoms with Crippen LogP contribution >= 0.6 is 0 Å². The second kappa shape index (κ2) is 2.62. The third-order valence-corrected chi connectivity index (χ3v) is 2.42. The number of carbonyl (C=O) groups is 1. The van der Waals surface area contributed by atoms with Crippen LogP contribution in [0.2, 0.25) is 0 Å². The third kappa shape index (κ3) is 1.09. The summed E-state index contributed by atoms with van der Waals surface area (Å²) in [6.45, 7) is 0. The molecule has 0 aliphatic heterocycles. The maximum absolute atomic E-state index is 10.9. The Morgan fingerprint density at radius 1 is 1.75 bits per heavy atom. The number of H-pyrrole nitrogens is 1. The topological polar surface area (TPSA) is 71.8 Å². The molecule has 4 heteroatoms. The third-order valence-electron chi connectivity index (χ3n) is 2.42. The van der Waals surface area contributed by atoms with Crippen molar-refractivity contribution in [2.24, 2.45) is 11.7 Å². The van der Waals surface area contributed by atoms with Gasteiger partial charge >= 0.3 is 0 Å². The van der Waals surface area contributed by atoms with Gasteiger partial charge in [0.25, 0.3) is 0 Å². The number of rotatable bonds is 1. The SMILES string of the molecule is NC(=O)[C@H]1CCc2[nH]ncc2C1. The standard InChI is InChI=1S/C8H11N3O/c9-8(12)5-1-2-7-6(3-5)4-10-11-7/h4-5H,1-3H2,(H2,9,12)(H,10,11)/t5-/m0/s1. The maximum atomic E-state index is 10.9. The Morgan fingerprint density at radius 3 is 3.33 bits per heavy atom. The first-order valence-electron chi connectivity index (χ1n) is 4.08. The number of amides is 1. The number of aromatic amines is 1. The molecule has 1 amide bonds. The Labute approximate surface area is 70.1 Å². The molecule has 0 saturated carbocycles. The minimum absolute atomic E-state index is 0.00935. The van der Waals surface area contributed by atoms with Crippen LogP contribution < -0.4 is 5.73 Å². The number of aromatic nitrogens is 2. The van der Waals surface area contributed by atoms with Crippen molar-refractivity contribution in [1.82, 2.24) is 10.2 Å². The fourth-order valence-corrected chi connectivity index (χ4v) is 1.66. The molecule has 1 aromatic rings. The Hall–Kier alpha value is -1.32. The molecule has 12 heavy (non-hydrogen) atoms. The average molecular weight is 165 g/mol. The highest BCUT2D eigenvalue weighted by molar-refractivity contribution is 5.77. The zero-order chi connectivity index (χ0) is 8.55. The molecule has 1 aromatic heterocycles. The summed E-state index contributed by atoms with van der Waals surface area (Å²) in [4.78, 5) is 10.9. The molecule has 64 valence electrons. The van der Waals surface area contributed by atoms with Crippen LogP contribution in [-0.4, -0.2) is 16.1 Å². The van der Waals surface area contributed by atoms with Crippen molar-refractivity contribution in [3.63, 3.8) is 0 Å². The zero-order valence-electron chi connectivity index (χ0n) is 6.71. The van der Waals surface area contributed by atoms with Crippen molar-refractivity contribution < 1.29 is 4.79 Å². The van der Waals surface area contributed by atoms with E-state index < -0.39 is 0 Å². The second-order valence-corrected chi connectivity index (χ2v) is 3.22. The molecule has 0 saturated heterocycles. The molecule has 0 radical (unpaired) electrons. The highest BCUT2D eigenvalue weighted by Crippen LogP contribution is 2.22. The number of carbonyl (C=O) groups excluding carboxylic acids is 1. The smallest absolute Gasteiger partial charge is 0.220 e. The van der Waals surface area contributed by atoms with Crippen LogP contribution in [0.3, 0.4) is 0 Å². The molecule has 2 rings (SSSR count). The largest absolute Gasteiger partial charge is 0.369 e. The van der Waals surface area contributed by atoms with Gasteiger partial charge in [0.2, 0.25) is 5.91 Å². The summed E-state index contributed by atoms with van der Waals surface area (Å²) < 4.78 is 0. The van der Waals surface area contributed by atoms with Gasteiger partial charge in [0, 0.05) is 11.6 Å². The van der Waals surface area contributed by atoms with Gasteiger partial charge in [0.15, 0.2) is 0 Å². The van der Waals surface area contributed by atoms with Gasteiger partial charge in [-0.3, -0.25) is 9.89 Å². The Kier molecular flexibility index (Phi) is 1.60. The van der Waals surface area contributed by atoms with Gasteiger partial charge in [-0.05, 0) is 24.8 Å². The van der Waals surface area contributed by atoms with E-state index in [4.69, 9.17) is 5.73 Å². The average Bonchev–Trinajstić information content (AvgIpc) is 2.49. The molecule has 1 atom stereocenters. The van der Waals surface area contributed by atoms with E-state index in [2.05, 4.69) is 10.2 Å². The lowest BCUT2D eigenvalue weighted by atomic mass is 9.87. The van der Waals surface area contributed by atoms with Gasteiger partial charge in [0.05, 0.1) is 6.20 Å². The van der Waals surface area contributed by atoms with Crippen molar-refractivity contribution in [1.29, 1.82) is 0 Å². The Bertz CT molecular complexity index is 305. The van der Waals surface area contributed by atoms with Crippen molar-refractivity contribution >= 4 is 5.91 Å². The van der Waals surface area contributed by atoms with Crippen LogP contribution in [0.5, 0.6) is 0 Å². The minimum Gasteiger partial charge on any atom is -0.369 e. The molecular weight excluding hydrogens is 154 g/mol. The first kappa shape index (κ1) is 7.34. The highest BCUT2D eigenvalue weighted by Gasteiger charge is 2.23. The number of primary amides is 1. The molecule has 0 aromatic carbocycles. The summed E-state index contributed by atoms with van der Waals surface area (Å²) in [6.07, 6.45) is 4.28. The van der Waals surface area contributed by atoms with Crippen LogP contribution in [0.1, 0.15) is 17.7 Å². The lowest BCUT2D eigenvalue weighted by Gasteiger charge is -2.17. The van der Waals surface area contributed by atoms with E-state index in [-0.39, 0.29) is 11.8 Å². The molecule has 0 unspecified atom stereocenters. The molecule has 0 fully saturated rings. The van der Waals surface area contributed by atoms with Gasteiger partial charge < -0.3 is 5.73 Å². The summed E-state index contributed by atoms with van der Waals surface area (Å²) in [5, 5.41) is 6.84. The predicted molar refractivity (Wildman–Crippen MR) is 43.3 cm³/mol. The van der Waals surface area contributed by atoms with Gasteiger partial charge in [-0.2, -0.15) is 5.10 Å². The highest BCUT2D eigenvalue weighted by atomic mass is 16.1. The van der Waals surface area contributed by atoms with E-state index in [1.54, 1.807) is 6.20 Å². The number of nitrogens with zero attached hydrogens (tertiary/aromatic N) is 1. The fraction of sp³-hybridized carbons (Fsp3) is 0.500. The number of fused-ring (bicyclic) bond motifs is 1. The van der Waals surface area contributed by atoms with Gasteiger partial charge in [-0.15, -0.1) is 0 Å². The summed E-state index contributed by atoms with van der Waals surface area (Å²) in [6, 6.07) is 0. The van der Waals surface area contributed by atoms with Crippen molar-refractivity contribution in [2.75, 3.05) is 0 Å². The predicted octanol–water partition coefficient (Wildman–Crippen LogP) is -0.000100. The minimum atomic E-state index is -0.193. The van der Waals surface area contributed by atoms with Crippen molar-refractivity contribution in [3.8, 4) is 0 Å². The first-order chi connectivity index (χ1) is 5.77.